The van der Waals surface area contributed by atoms with Crippen molar-refractivity contribution in [1.29, 1.82) is 0 Å². The number of hydrogen-bond acceptors (Lipinski definition) is 6. The average Bonchev–Trinajstić information content (AvgIpc) is 4.06. The minimum atomic E-state index is -0.804. The van der Waals surface area contributed by atoms with Gasteiger partial charge in [0.2, 0.25) is 5.91 Å². The van der Waals surface area contributed by atoms with Crippen molar-refractivity contribution in [2.75, 3.05) is 26.7 Å². The Kier molecular flexibility index (Phi) is 9.77. The summed E-state index contributed by atoms with van der Waals surface area (Å²) in [6, 6.07) is 24.5. The molecule has 5 heterocycles. The second-order valence-corrected chi connectivity index (χ2v) is 13.9. The molecule has 3 aliphatic rings. The molecule has 53 heavy (non-hydrogen) atoms. The number of carbonyl (C=O) groups is 3. The number of H-pyrrole nitrogens is 2. The van der Waals surface area contributed by atoms with Gasteiger partial charge in [-0.05, 0) is 55.2 Å². The van der Waals surface area contributed by atoms with Crippen molar-refractivity contribution in [2.45, 2.75) is 62.8 Å². The van der Waals surface area contributed by atoms with E-state index in [4.69, 9.17) is 14.7 Å². The summed E-state index contributed by atoms with van der Waals surface area (Å²) in [5.41, 5.74) is 6.52. The van der Waals surface area contributed by atoms with Crippen molar-refractivity contribution in [3.8, 4) is 33.6 Å². The van der Waals surface area contributed by atoms with Crippen LogP contribution >= 0.6 is 0 Å². The summed E-state index contributed by atoms with van der Waals surface area (Å²) >= 11 is 0. The number of urea groups is 1. The van der Waals surface area contributed by atoms with Crippen molar-refractivity contribution in [1.82, 2.24) is 40.4 Å². The molecule has 3 aromatic carbocycles. The fraction of sp³-hybridized carbons (Fsp3) is 0.341. The molecule has 0 spiro atoms. The Balaban J connectivity index is 0.929. The van der Waals surface area contributed by atoms with E-state index < -0.39 is 12.1 Å². The summed E-state index contributed by atoms with van der Waals surface area (Å²) < 4.78 is 5.67. The predicted molar refractivity (Wildman–Crippen MR) is 200 cm³/mol. The Morgan fingerprint density at radius 3 is 1.81 bits per heavy atom. The van der Waals surface area contributed by atoms with Gasteiger partial charge in [-0.15, -0.1) is 0 Å². The third-order valence-electron chi connectivity index (χ3n) is 10.7. The lowest BCUT2D eigenvalue weighted by molar-refractivity contribution is -0.142. The molecule has 0 bridgehead atoms. The zero-order valence-electron chi connectivity index (χ0n) is 29.8. The van der Waals surface area contributed by atoms with Gasteiger partial charge in [-0.1, -0.05) is 78.9 Å². The lowest BCUT2D eigenvalue weighted by atomic mass is 10.0. The van der Waals surface area contributed by atoms with Crippen LogP contribution in [0, 0.1) is 0 Å². The molecular weight excluding hydrogens is 669 g/mol. The Morgan fingerprint density at radius 1 is 0.717 bits per heavy atom. The fourth-order valence-electron chi connectivity index (χ4n) is 7.87. The van der Waals surface area contributed by atoms with Crippen molar-refractivity contribution in [2.24, 2.45) is 0 Å². The molecule has 0 aliphatic carbocycles. The molecule has 3 aliphatic heterocycles. The number of aromatic nitrogens is 4. The molecule has 272 valence electrons. The fourth-order valence-corrected chi connectivity index (χ4v) is 7.87. The van der Waals surface area contributed by atoms with Gasteiger partial charge in [0.1, 0.15) is 23.8 Å². The summed E-state index contributed by atoms with van der Waals surface area (Å²) in [5, 5.41) is 5.39. The Morgan fingerprint density at radius 2 is 1.26 bits per heavy atom. The highest BCUT2D eigenvalue weighted by atomic mass is 16.5. The van der Waals surface area contributed by atoms with Crippen molar-refractivity contribution in [3.05, 3.63) is 108 Å². The second-order valence-electron chi connectivity index (χ2n) is 13.9. The minimum Gasteiger partial charge on any atom is -0.368 e. The number of likely N-dealkylation sites (tertiary alicyclic amines) is 2. The van der Waals surface area contributed by atoms with Crippen LogP contribution in [0.25, 0.3) is 33.6 Å². The number of hydrogen-bond donors (Lipinski definition) is 4. The molecule has 12 nitrogen and oxygen atoms in total. The highest BCUT2D eigenvalue weighted by Crippen LogP contribution is 2.36. The third kappa shape index (κ3) is 7.06. The molecule has 4 N–H and O–H groups in total. The maximum absolute atomic E-state index is 13.9. The van der Waals surface area contributed by atoms with Crippen LogP contribution in [0.1, 0.15) is 73.9 Å². The SMILES string of the molecule is CNC(=O)N[C@@H](C(=O)N1CCC[C@H]1c1nc(-c2ccc(-c3ccc(-c4c[nH]c([C@@H]5CCCN5C(=O)[C@H]5CCCO5)n4)cc3)cc2)c[nH]1)c1ccccc1. The smallest absolute Gasteiger partial charge is 0.315 e. The molecule has 4 atom stereocenters. The summed E-state index contributed by atoms with van der Waals surface area (Å²) in [4.78, 5) is 59.5. The molecule has 12 heteroatoms. The zero-order valence-corrected chi connectivity index (χ0v) is 29.8. The van der Waals surface area contributed by atoms with Crippen LogP contribution in [0.2, 0.25) is 0 Å². The first-order valence-electron chi connectivity index (χ1n) is 18.5. The van der Waals surface area contributed by atoms with Crippen LogP contribution in [0.15, 0.2) is 91.3 Å². The highest BCUT2D eigenvalue weighted by molar-refractivity contribution is 5.88. The maximum atomic E-state index is 13.9. The lowest BCUT2D eigenvalue weighted by Crippen LogP contribution is -2.45. The summed E-state index contributed by atoms with van der Waals surface area (Å²) in [6.45, 7) is 1.99. The van der Waals surface area contributed by atoms with Crippen LogP contribution in [0.5, 0.6) is 0 Å². The number of imidazole rings is 2. The number of aromatic amines is 2. The van der Waals surface area contributed by atoms with Crippen LogP contribution in [0.3, 0.4) is 0 Å². The molecule has 5 aromatic rings. The van der Waals surface area contributed by atoms with Gasteiger partial charge in [0.15, 0.2) is 0 Å². The number of ether oxygens (including phenoxy) is 1. The largest absolute Gasteiger partial charge is 0.368 e. The molecular formula is C41H44N8O4. The monoisotopic (exact) mass is 712 g/mol. The van der Waals surface area contributed by atoms with Gasteiger partial charge >= 0.3 is 6.03 Å². The molecule has 2 aromatic heterocycles. The summed E-state index contributed by atoms with van der Waals surface area (Å²) in [6.07, 6.45) is 8.71. The molecule has 8 rings (SSSR count). The molecule has 3 saturated heterocycles. The van der Waals surface area contributed by atoms with Crippen LogP contribution in [-0.4, -0.2) is 80.4 Å². The molecule has 0 unspecified atom stereocenters. The highest BCUT2D eigenvalue weighted by Gasteiger charge is 2.38. The number of amides is 4. The minimum absolute atomic E-state index is 0.0482. The van der Waals surface area contributed by atoms with Gasteiger partial charge in [0.25, 0.3) is 5.91 Å². The molecule has 0 radical (unpaired) electrons. The molecule has 4 amide bonds. The van der Waals surface area contributed by atoms with Crippen LogP contribution < -0.4 is 10.6 Å². The number of rotatable bonds is 9. The van der Waals surface area contributed by atoms with Crippen LogP contribution in [-0.2, 0) is 14.3 Å². The van der Waals surface area contributed by atoms with E-state index in [1.807, 2.05) is 52.5 Å². The number of carbonyl (C=O) groups excluding carboxylic acids is 3. The van der Waals surface area contributed by atoms with Crippen LogP contribution in [0.4, 0.5) is 4.79 Å². The third-order valence-corrected chi connectivity index (χ3v) is 10.7. The van der Waals surface area contributed by atoms with Gasteiger partial charge in [-0.2, -0.15) is 0 Å². The van der Waals surface area contributed by atoms with Gasteiger partial charge in [0.05, 0.1) is 23.5 Å². The Labute approximate surface area is 308 Å². The normalized spacial score (nSPS) is 20.4. The zero-order chi connectivity index (χ0) is 36.3. The average molecular weight is 713 g/mol. The quantitative estimate of drug-likeness (QED) is 0.141. The van der Waals surface area contributed by atoms with E-state index in [2.05, 4.69) is 69.1 Å². The van der Waals surface area contributed by atoms with Crippen molar-refractivity contribution >= 4 is 17.8 Å². The maximum Gasteiger partial charge on any atom is 0.315 e. The summed E-state index contributed by atoms with van der Waals surface area (Å²) in [7, 11) is 1.54. The van der Waals surface area contributed by atoms with E-state index in [0.29, 0.717) is 13.2 Å². The Hall–Kier alpha value is -5.75. The first-order valence-corrected chi connectivity index (χ1v) is 18.5. The topological polar surface area (TPSA) is 148 Å². The number of benzene rings is 3. The van der Waals surface area contributed by atoms with Crippen molar-refractivity contribution in [3.63, 3.8) is 0 Å². The van der Waals surface area contributed by atoms with Crippen molar-refractivity contribution < 1.29 is 19.1 Å². The van der Waals surface area contributed by atoms with E-state index in [1.54, 1.807) is 0 Å². The van der Waals surface area contributed by atoms with Gasteiger partial charge in [0, 0.05) is 50.3 Å². The number of nitrogens with zero attached hydrogens (tertiary/aromatic N) is 4. The van der Waals surface area contributed by atoms with E-state index in [-0.39, 0.29) is 30.0 Å². The van der Waals surface area contributed by atoms with E-state index in [0.717, 1.165) is 95.9 Å². The van der Waals surface area contributed by atoms with Gasteiger partial charge < -0.3 is 35.1 Å². The summed E-state index contributed by atoms with van der Waals surface area (Å²) in [5.74, 6) is 1.48. The predicted octanol–water partition coefficient (Wildman–Crippen LogP) is 6.31. The van der Waals surface area contributed by atoms with E-state index in [9.17, 15) is 14.4 Å². The number of nitrogens with one attached hydrogen (secondary N) is 4. The molecule has 0 saturated carbocycles. The lowest BCUT2D eigenvalue weighted by Gasteiger charge is -2.28. The van der Waals surface area contributed by atoms with E-state index >= 15 is 0 Å². The second kappa shape index (κ2) is 15.1. The first-order chi connectivity index (χ1) is 26.0. The van der Waals surface area contributed by atoms with Gasteiger partial charge in [-0.25, -0.2) is 14.8 Å². The molecule has 3 fully saturated rings. The standard InChI is InChI=1S/C41H44N8O4/c1-42-41(52)47-36(30-8-3-2-4-9-30)40(51)49-22-6-11-34(49)38-44-25-32(46-38)29-19-15-27(16-20-29)26-13-17-28(18-14-26)31-24-43-37(45-31)33-10-5-21-48(33)39(50)35-12-7-23-53-35/h2-4,8-9,13-20,24-25,33-36H,5-7,10-12,21-23H2,1H3,(H,43,45)(H,44,46)(H2,42,47,52)/t33-,34-,35+,36+/m0/s1. The Bertz CT molecular complexity index is 2050. The van der Waals surface area contributed by atoms with Gasteiger partial charge in [-0.3, -0.25) is 9.59 Å². The van der Waals surface area contributed by atoms with E-state index in [1.165, 1.54) is 7.05 Å². The first kappa shape index (κ1) is 34.3.